The maximum atomic E-state index is 4.32. The third-order valence-electron chi connectivity index (χ3n) is 2.36. The number of aryl methyl sites for hydroxylation is 1. The van der Waals surface area contributed by atoms with E-state index in [2.05, 4.69) is 23.3 Å². The minimum atomic E-state index is 0.571. The summed E-state index contributed by atoms with van der Waals surface area (Å²) in [4.78, 5) is 4.32. The smallest absolute Gasteiger partial charge is 0.129 e. The van der Waals surface area contributed by atoms with Crippen molar-refractivity contribution in [2.75, 3.05) is 5.32 Å². The van der Waals surface area contributed by atoms with Crippen LogP contribution in [0.2, 0.25) is 0 Å². The number of rotatable bonds is 0. The number of anilines is 1. The summed E-state index contributed by atoms with van der Waals surface area (Å²) in [6, 6.07) is 4.74. The summed E-state index contributed by atoms with van der Waals surface area (Å²) in [5.41, 5.74) is 1.36. The molecule has 1 aromatic heterocycles. The van der Waals surface area contributed by atoms with E-state index in [1.807, 2.05) is 12.3 Å². The van der Waals surface area contributed by atoms with Gasteiger partial charge in [0.1, 0.15) is 5.82 Å². The first-order valence-corrected chi connectivity index (χ1v) is 4.56. The molecule has 1 aliphatic rings. The Labute approximate surface area is 73.0 Å². The Morgan fingerprint density at radius 3 is 3.42 bits per heavy atom. The summed E-state index contributed by atoms with van der Waals surface area (Å²) in [5.74, 6) is 1.09. The monoisotopic (exact) mass is 162 g/mol. The van der Waals surface area contributed by atoms with Crippen molar-refractivity contribution >= 4 is 5.82 Å². The Hall–Kier alpha value is -1.05. The molecule has 0 spiro atoms. The van der Waals surface area contributed by atoms with E-state index >= 15 is 0 Å². The van der Waals surface area contributed by atoms with E-state index in [1.165, 1.54) is 24.8 Å². The van der Waals surface area contributed by atoms with Crippen molar-refractivity contribution in [1.29, 1.82) is 0 Å². The van der Waals surface area contributed by atoms with Gasteiger partial charge in [0.25, 0.3) is 0 Å². The van der Waals surface area contributed by atoms with Gasteiger partial charge in [0.15, 0.2) is 0 Å². The molecule has 0 amide bonds. The van der Waals surface area contributed by atoms with Crippen LogP contribution in [0.25, 0.3) is 0 Å². The summed E-state index contributed by atoms with van der Waals surface area (Å²) >= 11 is 0. The Kier molecular flexibility index (Phi) is 1.98. The van der Waals surface area contributed by atoms with Gasteiger partial charge in [-0.1, -0.05) is 6.07 Å². The maximum absolute atomic E-state index is 4.32. The van der Waals surface area contributed by atoms with Crippen LogP contribution in [0, 0.1) is 0 Å². The molecule has 64 valence electrons. The summed E-state index contributed by atoms with van der Waals surface area (Å²) in [6.45, 7) is 2.21. The van der Waals surface area contributed by atoms with Gasteiger partial charge < -0.3 is 5.32 Å². The third kappa shape index (κ3) is 1.42. The number of aromatic nitrogens is 1. The predicted octanol–water partition coefficient (Wildman–Crippen LogP) is 2.22. The lowest BCUT2D eigenvalue weighted by Gasteiger charge is -2.10. The van der Waals surface area contributed by atoms with E-state index in [1.54, 1.807) is 0 Å². The van der Waals surface area contributed by atoms with Crippen LogP contribution in [0.1, 0.15) is 25.3 Å². The fourth-order valence-corrected chi connectivity index (χ4v) is 1.67. The average molecular weight is 162 g/mol. The summed E-state index contributed by atoms with van der Waals surface area (Å²) in [6.07, 6.45) is 5.54. The summed E-state index contributed by atoms with van der Waals surface area (Å²) in [5, 5.41) is 3.41. The third-order valence-corrected chi connectivity index (χ3v) is 2.36. The quantitative estimate of drug-likeness (QED) is 0.632. The van der Waals surface area contributed by atoms with Gasteiger partial charge in [0.05, 0.1) is 0 Å². The number of hydrogen-bond donors (Lipinski definition) is 1. The predicted molar refractivity (Wildman–Crippen MR) is 50.3 cm³/mol. The van der Waals surface area contributed by atoms with Gasteiger partial charge in [0.2, 0.25) is 0 Å². The number of nitrogens with one attached hydrogen (secondary N) is 1. The molecule has 0 fully saturated rings. The summed E-state index contributed by atoms with van der Waals surface area (Å²) < 4.78 is 0. The lowest BCUT2D eigenvalue weighted by atomic mass is 10.1. The van der Waals surface area contributed by atoms with Crippen LogP contribution in [0.4, 0.5) is 5.82 Å². The van der Waals surface area contributed by atoms with Crippen molar-refractivity contribution in [1.82, 2.24) is 4.98 Å². The minimum Gasteiger partial charge on any atom is -0.367 e. The Morgan fingerprint density at radius 2 is 2.50 bits per heavy atom. The molecule has 1 aromatic rings. The molecule has 2 heterocycles. The molecule has 1 unspecified atom stereocenters. The van der Waals surface area contributed by atoms with Gasteiger partial charge in [-0.15, -0.1) is 0 Å². The van der Waals surface area contributed by atoms with Gasteiger partial charge >= 0.3 is 0 Å². The average Bonchev–Trinajstić information content (AvgIpc) is 2.25. The molecule has 12 heavy (non-hydrogen) atoms. The molecule has 0 aromatic carbocycles. The second-order valence-corrected chi connectivity index (χ2v) is 3.45. The molecule has 0 aliphatic carbocycles. The SMILES string of the molecule is CC1CCCc2cccnc2N1. The maximum Gasteiger partial charge on any atom is 0.129 e. The molecule has 0 radical (unpaired) electrons. The molecular formula is C10H14N2. The molecule has 2 nitrogen and oxygen atoms in total. The zero-order chi connectivity index (χ0) is 8.39. The van der Waals surface area contributed by atoms with Crippen LogP contribution in [0.5, 0.6) is 0 Å². The Bertz CT molecular complexity index is 270. The minimum absolute atomic E-state index is 0.571. The van der Waals surface area contributed by atoms with Gasteiger partial charge in [-0.05, 0) is 37.8 Å². The lowest BCUT2D eigenvalue weighted by molar-refractivity contribution is 0.674. The van der Waals surface area contributed by atoms with Gasteiger partial charge in [0, 0.05) is 12.2 Å². The summed E-state index contributed by atoms with van der Waals surface area (Å²) in [7, 11) is 0. The van der Waals surface area contributed by atoms with Crippen LogP contribution in [-0.4, -0.2) is 11.0 Å². The van der Waals surface area contributed by atoms with Crippen molar-refractivity contribution in [3.63, 3.8) is 0 Å². The first-order valence-electron chi connectivity index (χ1n) is 4.56. The van der Waals surface area contributed by atoms with Crippen molar-refractivity contribution < 1.29 is 0 Å². The van der Waals surface area contributed by atoms with Crippen LogP contribution in [0.3, 0.4) is 0 Å². The highest BCUT2D eigenvalue weighted by Gasteiger charge is 2.11. The second kappa shape index (κ2) is 3.13. The fourth-order valence-electron chi connectivity index (χ4n) is 1.67. The molecule has 2 rings (SSSR count). The van der Waals surface area contributed by atoms with E-state index in [0.717, 1.165) is 5.82 Å². The van der Waals surface area contributed by atoms with E-state index in [4.69, 9.17) is 0 Å². The van der Waals surface area contributed by atoms with Crippen molar-refractivity contribution in [2.45, 2.75) is 32.2 Å². The first-order chi connectivity index (χ1) is 5.86. The zero-order valence-corrected chi connectivity index (χ0v) is 7.38. The molecule has 0 saturated carbocycles. The van der Waals surface area contributed by atoms with Gasteiger partial charge in [-0.3, -0.25) is 0 Å². The molecule has 1 N–H and O–H groups in total. The standard InChI is InChI=1S/C10H14N2/c1-8-4-2-5-9-6-3-7-11-10(9)12-8/h3,6-8H,2,4-5H2,1H3,(H,11,12). The van der Waals surface area contributed by atoms with Crippen LogP contribution < -0.4 is 5.32 Å². The van der Waals surface area contributed by atoms with Crippen LogP contribution in [0.15, 0.2) is 18.3 Å². The fraction of sp³-hybridized carbons (Fsp3) is 0.500. The van der Waals surface area contributed by atoms with E-state index < -0.39 is 0 Å². The van der Waals surface area contributed by atoms with E-state index in [9.17, 15) is 0 Å². The Balaban J connectivity index is 2.31. The van der Waals surface area contributed by atoms with Crippen LogP contribution in [-0.2, 0) is 6.42 Å². The van der Waals surface area contributed by atoms with Gasteiger partial charge in [-0.25, -0.2) is 4.98 Å². The second-order valence-electron chi connectivity index (χ2n) is 3.45. The van der Waals surface area contributed by atoms with Crippen molar-refractivity contribution in [3.05, 3.63) is 23.9 Å². The molecule has 1 aliphatic heterocycles. The number of pyridine rings is 1. The number of nitrogens with zero attached hydrogens (tertiary/aromatic N) is 1. The molecule has 1 atom stereocenters. The molecule has 2 heteroatoms. The number of hydrogen-bond acceptors (Lipinski definition) is 2. The molecule has 0 saturated heterocycles. The molecular weight excluding hydrogens is 148 g/mol. The van der Waals surface area contributed by atoms with Crippen molar-refractivity contribution in [2.24, 2.45) is 0 Å². The number of fused-ring (bicyclic) bond motifs is 1. The van der Waals surface area contributed by atoms with Crippen molar-refractivity contribution in [3.8, 4) is 0 Å². The van der Waals surface area contributed by atoms with E-state index in [-0.39, 0.29) is 0 Å². The largest absolute Gasteiger partial charge is 0.367 e. The molecule has 0 bridgehead atoms. The van der Waals surface area contributed by atoms with E-state index in [0.29, 0.717) is 6.04 Å². The first kappa shape index (κ1) is 7.59. The zero-order valence-electron chi connectivity index (χ0n) is 7.38. The van der Waals surface area contributed by atoms with Crippen LogP contribution >= 0.6 is 0 Å². The highest BCUT2D eigenvalue weighted by atomic mass is 15.0. The lowest BCUT2D eigenvalue weighted by Crippen LogP contribution is -2.13. The highest BCUT2D eigenvalue weighted by Crippen LogP contribution is 2.20. The Morgan fingerprint density at radius 1 is 1.58 bits per heavy atom. The normalized spacial score (nSPS) is 22.2. The topological polar surface area (TPSA) is 24.9 Å². The highest BCUT2D eigenvalue weighted by molar-refractivity contribution is 5.45. The van der Waals surface area contributed by atoms with Gasteiger partial charge in [-0.2, -0.15) is 0 Å².